The molecule has 2 N–H and O–H groups in total. The average molecular weight is 631 g/mol. The van der Waals surface area contributed by atoms with E-state index in [0.29, 0.717) is 10.8 Å². The molecular formula is C26H17F3IN5OS. The largest absolute Gasteiger partial charge is 0.573 e. The molecule has 0 bridgehead atoms. The minimum atomic E-state index is -4.73. The first kappa shape index (κ1) is 25.0. The number of fused-ring (bicyclic) bond motifs is 3. The van der Waals surface area contributed by atoms with Crippen molar-refractivity contribution in [3.8, 4) is 11.4 Å². The van der Waals surface area contributed by atoms with Gasteiger partial charge >= 0.3 is 6.36 Å². The van der Waals surface area contributed by atoms with Crippen molar-refractivity contribution in [3.05, 3.63) is 94.3 Å². The van der Waals surface area contributed by atoms with Crippen molar-refractivity contribution in [2.24, 2.45) is 5.10 Å². The van der Waals surface area contributed by atoms with Crippen molar-refractivity contribution in [2.75, 3.05) is 5.32 Å². The number of halogens is 4. The Bertz CT molecular complexity index is 1630. The molecule has 5 aromatic rings. The molecule has 0 radical (unpaired) electrons. The van der Waals surface area contributed by atoms with Crippen LogP contribution >= 0.6 is 34.8 Å². The molecule has 5 rings (SSSR count). The van der Waals surface area contributed by atoms with E-state index in [1.165, 1.54) is 12.1 Å². The van der Waals surface area contributed by atoms with Crippen molar-refractivity contribution in [1.82, 2.24) is 15.0 Å². The lowest BCUT2D eigenvalue weighted by Crippen LogP contribution is -2.24. The van der Waals surface area contributed by atoms with E-state index in [-0.39, 0.29) is 5.75 Å². The number of imidazole rings is 1. The number of nitrogens with one attached hydrogen (secondary N) is 2. The maximum Gasteiger partial charge on any atom is 0.573 e. The second-order valence-electron chi connectivity index (χ2n) is 7.87. The quantitative estimate of drug-likeness (QED) is 0.0947. The summed E-state index contributed by atoms with van der Waals surface area (Å²) in [6.45, 7) is 0. The van der Waals surface area contributed by atoms with Gasteiger partial charge in [0.15, 0.2) is 5.11 Å². The maximum atomic E-state index is 12.4. The normalized spacial score (nSPS) is 11.8. The van der Waals surface area contributed by atoms with E-state index in [0.717, 1.165) is 36.6 Å². The minimum absolute atomic E-state index is 0.277. The molecule has 0 aliphatic carbocycles. The zero-order chi connectivity index (χ0) is 26.0. The summed E-state index contributed by atoms with van der Waals surface area (Å²) >= 11 is 7.53. The first-order chi connectivity index (χ1) is 17.8. The second-order valence-corrected chi connectivity index (χ2v) is 9.44. The van der Waals surface area contributed by atoms with Crippen LogP contribution in [0, 0.1) is 3.57 Å². The van der Waals surface area contributed by atoms with Crippen LogP contribution in [-0.4, -0.2) is 27.2 Å². The number of benzene rings is 4. The summed E-state index contributed by atoms with van der Waals surface area (Å²) in [6, 6.07) is 23.2. The van der Waals surface area contributed by atoms with Gasteiger partial charge in [0, 0.05) is 14.6 Å². The van der Waals surface area contributed by atoms with Crippen LogP contribution in [0.15, 0.2) is 90.3 Å². The SMILES string of the molecule is FC(F)(F)Oc1ccc(-n2cnc3c4ccc(/C=N/NC(=S)Nc5ccccc5I)cc4ccc32)cc1. The van der Waals surface area contributed by atoms with Gasteiger partial charge in [-0.25, -0.2) is 4.98 Å². The summed E-state index contributed by atoms with van der Waals surface area (Å²) < 4.78 is 44.1. The lowest BCUT2D eigenvalue weighted by Gasteiger charge is -2.10. The number of alkyl halides is 3. The van der Waals surface area contributed by atoms with Crippen LogP contribution < -0.4 is 15.5 Å². The van der Waals surface area contributed by atoms with Gasteiger partial charge in [-0.15, -0.1) is 13.2 Å². The summed E-state index contributed by atoms with van der Waals surface area (Å²) in [5, 5.41) is 9.62. The van der Waals surface area contributed by atoms with E-state index in [2.05, 4.69) is 48.2 Å². The fraction of sp³-hybridized carbons (Fsp3) is 0.0385. The van der Waals surface area contributed by atoms with Crippen molar-refractivity contribution >= 4 is 73.6 Å². The average Bonchev–Trinajstić information content (AvgIpc) is 3.29. The highest BCUT2D eigenvalue weighted by Gasteiger charge is 2.31. The molecule has 37 heavy (non-hydrogen) atoms. The van der Waals surface area contributed by atoms with Gasteiger partial charge < -0.3 is 10.1 Å². The summed E-state index contributed by atoms with van der Waals surface area (Å²) in [6.07, 6.45) is -1.41. The number of thiocarbonyl (C=S) groups is 1. The van der Waals surface area contributed by atoms with Gasteiger partial charge in [-0.05, 0) is 94.3 Å². The third kappa shape index (κ3) is 5.83. The Morgan fingerprint density at radius 2 is 1.81 bits per heavy atom. The van der Waals surface area contributed by atoms with Crippen LogP contribution in [0.3, 0.4) is 0 Å². The first-order valence-electron chi connectivity index (χ1n) is 10.9. The Morgan fingerprint density at radius 3 is 2.57 bits per heavy atom. The molecule has 11 heteroatoms. The fourth-order valence-electron chi connectivity index (χ4n) is 3.80. The lowest BCUT2D eigenvalue weighted by molar-refractivity contribution is -0.274. The number of rotatable bonds is 5. The van der Waals surface area contributed by atoms with Crippen LogP contribution in [-0.2, 0) is 0 Å². The van der Waals surface area contributed by atoms with Gasteiger partial charge in [-0.1, -0.05) is 30.3 Å². The number of hydrogen-bond donors (Lipinski definition) is 2. The molecule has 0 unspecified atom stereocenters. The van der Waals surface area contributed by atoms with Gasteiger partial charge in [0.25, 0.3) is 0 Å². The number of nitrogens with zero attached hydrogens (tertiary/aromatic N) is 3. The molecule has 0 fully saturated rings. The highest BCUT2D eigenvalue weighted by atomic mass is 127. The van der Waals surface area contributed by atoms with Gasteiger partial charge in [0.2, 0.25) is 0 Å². The third-order valence-electron chi connectivity index (χ3n) is 5.41. The van der Waals surface area contributed by atoms with Gasteiger partial charge in [-0.3, -0.25) is 9.99 Å². The molecule has 0 aliphatic rings. The molecule has 6 nitrogen and oxygen atoms in total. The van der Waals surface area contributed by atoms with Crippen LogP contribution in [0.1, 0.15) is 5.56 Å². The van der Waals surface area contributed by atoms with Crippen LogP contribution in [0.5, 0.6) is 5.75 Å². The molecule has 1 heterocycles. The van der Waals surface area contributed by atoms with Crippen molar-refractivity contribution < 1.29 is 17.9 Å². The van der Waals surface area contributed by atoms with E-state index in [9.17, 15) is 13.2 Å². The van der Waals surface area contributed by atoms with Crippen LogP contribution in [0.25, 0.3) is 27.5 Å². The van der Waals surface area contributed by atoms with Gasteiger partial charge in [0.1, 0.15) is 12.1 Å². The molecule has 0 spiro atoms. The van der Waals surface area contributed by atoms with E-state index < -0.39 is 6.36 Å². The molecule has 0 amide bonds. The number of aromatic nitrogens is 2. The smallest absolute Gasteiger partial charge is 0.406 e. The molecular weight excluding hydrogens is 614 g/mol. The Hall–Kier alpha value is -3.71. The molecule has 0 saturated heterocycles. The van der Waals surface area contributed by atoms with Crippen molar-refractivity contribution in [2.45, 2.75) is 6.36 Å². The lowest BCUT2D eigenvalue weighted by atomic mass is 10.1. The predicted octanol–water partition coefficient (Wildman–Crippen LogP) is 7.00. The topological polar surface area (TPSA) is 63.5 Å². The monoisotopic (exact) mass is 631 g/mol. The Kier molecular flexibility index (Phi) is 6.98. The summed E-state index contributed by atoms with van der Waals surface area (Å²) in [5.41, 5.74) is 6.86. The highest BCUT2D eigenvalue weighted by Crippen LogP contribution is 2.28. The number of anilines is 1. The minimum Gasteiger partial charge on any atom is -0.406 e. The third-order valence-corrected chi connectivity index (χ3v) is 6.54. The summed E-state index contributed by atoms with van der Waals surface area (Å²) in [7, 11) is 0. The highest BCUT2D eigenvalue weighted by molar-refractivity contribution is 14.1. The first-order valence-corrected chi connectivity index (χ1v) is 12.4. The molecule has 4 aromatic carbocycles. The molecule has 0 aliphatic heterocycles. The number of ether oxygens (including phenoxy) is 1. The van der Waals surface area contributed by atoms with Crippen LogP contribution in [0.2, 0.25) is 0 Å². The second kappa shape index (κ2) is 10.3. The van der Waals surface area contributed by atoms with Gasteiger partial charge in [0.05, 0.1) is 22.9 Å². The number of hydrogen-bond acceptors (Lipinski definition) is 4. The Morgan fingerprint density at radius 1 is 1.03 bits per heavy atom. The molecule has 0 saturated carbocycles. The Labute approximate surface area is 228 Å². The summed E-state index contributed by atoms with van der Waals surface area (Å²) in [4.78, 5) is 4.55. The standard InChI is InChI=1S/C26H17F3IN5OS/c27-26(28,29)36-19-9-7-18(8-10-19)35-15-31-24-20-11-5-16(13-17(20)6-12-23(24)35)14-32-34-25(37)33-22-4-2-1-3-21(22)30/h1-15H,(H2,33,34,37)/b32-14+. The zero-order valence-electron chi connectivity index (χ0n) is 18.8. The summed E-state index contributed by atoms with van der Waals surface area (Å²) in [5.74, 6) is -0.277. The van der Waals surface area contributed by atoms with E-state index in [1.54, 1.807) is 24.7 Å². The van der Waals surface area contributed by atoms with E-state index in [1.807, 2.05) is 59.2 Å². The van der Waals surface area contributed by atoms with Crippen LogP contribution in [0.4, 0.5) is 18.9 Å². The Balaban J connectivity index is 1.32. The van der Waals surface area contributed by atoms with Crippen molar-refractivity contribution in [3.63, 3.8) is 0 Å². The van der Waals surface area contributed by atoms with Gasteiger partial charge in [-0.2, -0.15) is 5.10 Å². The maximum absolute atomic E-state index is 12.4. The fourth-order valence-corrected chi connectivity index (χ4v) is 4.49. The molecule has 0 atom stereocenters. The molecule has 1 aromatic heterocycles. The van der Waals surface area contributed by atoms with Crippen molar-refractivity contribution in [1.29, 1.82) is 0 Å². The molecule has 186 valence electrons. The number of hydrazone groups is 1. The predicted molar refractivity (Wildman–Crippen MR) is 151 cm³/mol. The zero-order valence-corrected chi connectivity index (χ0v) is 21.8. The van der Waals surface area contributed by atoms with E-state index in [4.69, 9.17) is 12.2 Å². The van der Waals surface area contributed by atoms with E-state index >= 15 is 0 Å². The number of para-hydroxylation sites is 1.